The Balaban J connectivity index is 1.74. The minimum Gasteiger partial charge on any atom is -0.290 e. The second kappa shape index (κ2) is 8.67. The van der Waals surface area contributed by atoms with Crippen LogP contribution in [-0.2, 0) is 9.59 Å². The van der Waals surface area contributed by atoms with Gasteiger partial charge in [-0.15, -0.1) is 0 Å². The molecule has 0 aliphatic rings. The summed E-state index contributed by atoms with van der Waals surface area (Å²) in [6.07, 6.45) is 0.984. The largest absolute Gasteiger partial charge is 0.290 e. The Hall–Kier alpha value is -2.88. The minimum atomic E-state index is -0.512. The van der Waals surface area contributed by atoms with Gasteiger partial charge in [-0.05, 0) is 12.8 Å². The normalized spacial score (nSPS) is 10.2. The highest BCUT2D eigenvalue weighted by molar-refractivity contribution is 6.44. The number of hydrogen-bond acceptors (Lipinski definition) is 4. The highest BCUT2D eigenvalue weighted by Gasteiger charge is 2.17. The standard InChI is InChI=1S/C20H18O4/c21-17(19(23)15-9-3-1-4-10-15)13-7-8-14-18(22)20(24)16-11-5-2-6-12-16/h1-6,9-12H,7-8,13-14H2. The van der Waals surface area contributed by atoms with E-state index in [0.717, 1.165) is 0 Å². The molecule has 4 nitrogen and oxygen atoms in total. The van der Waals surface area contributed by atoms with Crippen molar-refractivity contribution in [3.8, 4) is 0 Å². The number of carbonyl (C=O) groups is 4. The Morgan fingerprint density at radius 3 is 1.21 bits per heavy atom. The summed E-state index contributed by atoms with van der Waals surface area (Å²) in [5.41, 5.74) is 0.746. The minimum absolute atomic E-state index is 0.0839. The van der Waals surface area contributed by atoms with E-state index in [-0.39, 0.29) is 12.8 Å². The van der Waals surface area contributed by atoms with E-state index in [1.807, 2.05) is 0 Å². The van der Waals surface area contributed by atoms with E-state index in [1.54, 1.807) is 60.7 Å². The average molecular weight is 322 g/mol. The Labute approximate surface area is 140 Å². The lowest BCUT2D eigenvalue weighted by molar-refractivity contribution is -0.116. The zero-order valence-corrected chi connectivity index (χ0v) is 13.2. The fraction of sp³-hybridized carbons (Fsp3) is 0.200. The van der Waals surface area contributed by atoms with E-state index < -0.39 is 23.1 Å². The fourth-order valence-corrected chi connectivity index (χ4v) is 2.30. The number of hydrogen-bond donors (Lipinski definition) is 0. The SMILES string of the molecule is O=C(CCCCC(=O)C(=O)c1ccccc1)C(=O)c1ccccc1. The molecular weight excluding hydrogens is 304 g/mol. The third-order valence-electron chi connectivity index (χ3n) is 3.64. The van der Waals surface area contributed by atoms with Gasteiger partial charge in [0.15, 0.2) is 0 Å². The smallest absolute Gasteiger partial charge is 0.228 e. The molecule has 0 amide bonds. The molecule has 0 aliphatic carbocycles. The van der Waals surface area contributed by atoms with Crippen molar-refractivity contribution in [2.45, 2.75) is 25.7 Å². The van der Waals surface area contributed by atoms with Crippen LogP contribution in [0.2, 0.25) is 0 Å². The van der Waals surface area contributed by atoms with Crippen molar-refractivity contribution < 1.29 is 19.2 Å². The predicted octanol–water partition coefficient (Wildman–Crippen LogP) is 3.45. The maximum absolute atomic E-state index is 11.9. The molecule has 24 heavy (non-hydrogen) atoms. The molecule has 0 heterocycles. The first-order chi connectivity index (χ1) is 11.6. The van der Waals surface area contributed by atoms with Gasteiger partial charge in [-0.25, -0.2) is 0 Å². The zero-order chi connectivity index (χ0) is 17.4. The molecule has 4 heteroatoms. The van der Waals surface area contributed by atoms with Crippen molar-refractivity contribution in [3.05, 3.63) is 71.8 Å². The number of benzene rings is 2. The molecule has 2 aromatic rings. The van der Waals surface area contributed by atoms with Crippen LogP contribution in [-0.4, -0.2) is 23.1 Å². The molecule has 0 radical (unpaired) electrons. The molecule has 0 aliphatic heterocycles. The Bertz CT molecular complexity index is 667. The van der Waals surface area contributed by atoms with Gasteiger partial charge < -0.3 is 0 Å². The predicted molar refractivity (Wildman–Crippen MR) is 90.0 cm³/mol. The van der Waals surface area contributed by atoms with E-state index >= 15 is 0 Å². The van der Waals surface area contributed by atoms with Crippen LogP contribution in [0, 0.1) is 0 Å². The molecule has 2 rings (SSSR count). The van der Waals surface area contributed by atoms with Crippen molar-refractivity contribution in [3.63, 3.8) is 0 Å². The number of unbranched alkanes of at least 4 members (excludes halogenated alkanes) is 1. The van der Waals surface area contributed by atoms with Crippen LogP contribution in [0.25, 0.3) is 0 Å². The highest BCUT2D eigenvalue weighted by atomic mass is 16.2. The topological polar surface area (TPSA) is 68.3 Å². The molecule has 2 aromatic carbocycles. The summed E-state index contributed by atoms with van der Waals surface area (Å²) in [5, 5.41) is 0. The van der Waals surface area contributed by atoms with Gasteiger partial charge in [-0.3, -0.25) is 19.2 Å². The molecule has 122 valence electrons. The number of Topliss-reactive ketones (excluding diaryl/α,β-unsaturated/α-hetero) is 4. The maximum atomic E-state index is 11.9. The van der Waals surface area contributed by atoms with E-state index in [1.165, 1.54) is 0 Å². The van der Waals surface area contributed by atoms with Crippen LogP contribution < -0.4 is 0 Å². The van der Waals surface area contributed by atoms with Crippen molar-refractivity contribution in [1.29, 1.82) is 0 Å². The first-order valence-electron chi connectivity index (χ1n) is 7.84. The third-order valence-corrected chi connectivity index (χ3v) is 3.64. The van der Waals surface area contributed by atoms with E-state index in [2.05, 4.69) is 0 Å². The van der Waals surface area contributed by atoms with Gasteiger partial charge in [-0.1, -0.05) is 60.7 Å². The second-order valence-electron chi connectivity index (χ2n) is 5.44. The van der Waals surface area contributed by atoms with Gasteiger partial charge in [0.1, 0.15) is 0 Å². The van der Waals surface area contributed by atoms with E-state index in [9.17, 15) is 19.2 Å². The van der Waals surface area contributed by atoms with Gasteiger partial charge in [0, 0.05) is 24.0 Å². The monoisotopic (exact) mass is 322 g/mol. The van der Waals surface area contributed by atoms with Gasteiger partial charge in [0.2, 0.25) is 23.1 Å². The summed E-state index contributed by atoms with van der Waals surface area (Å²) in [4.78, 5) is 47.5. The fourth-order valence-electron chi connectivity index (χ4n) is 2.30. The summed E-state index contributed by atoms with van der Waals surface area (Å²) in [6, 6.07) is 16.8. The van der Waals surface area contributed by atoms with Crippen LogP contribution in [0.4, 0.5) is 0 Å². The Kier molecular flexibility index (Phi) is 6.32. The van der Waals surface area contributed by atoms with E-state index in [4.69, 9.17) is 0 Å². The highest BCUT2D eigenvalue weighted by Crippen LogP contribution is 2.09. The lowest BCUT2D eigenvalue weighted by Gasteiger charge is -2.02. The van der Waals surface area contributed by atoms with E-state index in [0.29, 0.717) is 24.0 Å². The quantitative estimate of drug-likeness (QED) is 0.403. The van der Waals surface area contributed by atoms with Gasteiger partial charge in [0.25, 0.3) is 0 Å². The van der Waals surface area contributed by atoms with Gasteiger partial charge in [-0.2, -0.15) is 0 Å². The van der Waals surface area contributed by atoms with Crippen LogP contribution >= 0.6 is 0 Å². The van der Waals surface area contributed by atoms with Crippen LogP contribution in [0.1, 0.15) is 46.4 Å². The second-order valence-corrected chi connectivity index (χ2v) is 5.44. The number of ketones is 4. The first-order valence-corrected chi connectivity index (χ1v) is 7.84. The molecule has 0 fully saturated rings. The summed E-state index contributed by atoms with van der Waals surface area (Å²) < 4.78 is 0. The lowest BCUT2D eigenvalue weighted by atomic mass is 10.00. The molecule has 0 saturated carbocycles. The van der Waals surface area contributed by atoms with Crippen molar-refractivity contribution in [2.75, 3.05) is 0 Å². The lowest BCUT2D eigenvalue weighted by Crippen LogP contribution is -2.15. The molecule has 0 spiro atoms. The number of carbonyl (C=O) groups excluding carboxylic acids is 4. The first kappa shape index (κ1) is 17.5. The van der Waals surface area contributed by atoms with Crippen molar-refractivity contribution in [2.24, 2.45) is 0 Å². The molecule has 0 bridgehead atoms. The van der Waals surface area contributed by atoms with Crippen LogP contribution in [0.5, 0.6) is 0 Å². The Morgan fingerprint density at radius 2 is 0.875 bits per heavy atom. The van der Waals surface area contributed by atoms with Crippen molar-refractivity contribution >= 4 is 23.1 Å². The average Bonchev–Trinajstić information content (AvgIpc) is 2.65. The molecule has 0 aromatic heterocycles. The molecular formula is C20H18O4. The van der Waals surface area contributed by atoms with Gasteiger partial charge in [0.05, 0.1) is 0 Å². The summed E-state index contributed by atoms with van der Waals surface area (Å²) in [7, 11) is 0. The molecule has 0 saturated heterocycles. The molecule has 0 unspecified atom stereocenters. The number of rotatable bonds is 9. The summed E-state index contributed by atoms with van der Waals surface area (Å²) in [5.74, 6) is -1.96. The van der Waals surface area contributed by atoms with Crippen molar-refractivity contribution in [1.82, 2.24) is 0 Å². The Morgan fingerprint density at radius 1 is 0.542 bits per heavy atom. The summed E-state index contributed by atoms with van der Waals surface area (Å²) in [6.45, 7) is 0. The van der Waals surface area contributed by atoms with Crippen LogP contribution in [0.15, 0.2) is 60.7 Å². The summed E-state index contributed by atoms with van der Waals surface area (Å²) >= 11 is 0. The zero-order valence-electron chi connectivity index (χ0n) is 13.2. The molecule has 0 N–H and O–H groups in total. The van der Waals surface area contributed by atoms with Gasteiger partial charge >= 0.3 is 0 Å². The molecule has 0 atom stereocenters. The third kappa shape index (κ3) is 4.81. The van der Waals surface area contributed by atoms with Crippen LogP contribution in [0.3, 0.4) is 0 Å². The maximum Gasteiger partial charge on any atom is 0.228 e.